The number of hydrogen-bond donors (Lipinski definition) is 8. The lowest BCUT2D eigenvalue weighted by molar-refractivity contribution is -0.141. The van der Waals surface area contributed by atoms with E-state index in [2.05, 4.69) is 41.2 Å². The standard InChI is InChI=1S/C25H30FN9O8S/c26-15-1-3-18(4-2-15)44(42,43)35-25(41)30-8-6-21(36)33-19(9-16-11-27-13-31-16)23(38)29-7-5-22(37)34-20(24(39)40)10-17-12-28-14-32-17/h1-4,11-14,19-20H,5-10H2,(H,27,31)(H,28,32)(H,29,38)(H,33,36)(H,34,37)(H,39,40)(H2,30,35,41)/t19-,20-/m0/s1. The molecule has 3 rings (SSSR count). The van der Waals surface area contributed by atoms with Crippen molar-refractivity contribution in [2.45, 2.75) is 42.7 Å². The molecular formula is C25H30FN9O8S. The molecule has 236 valence electrons. The fourth-order valence-corrected chi connectivity index (χ4v) is 4.65. The Bertz CT molecular complexity index is 1530. The second kappa shape index (κ2) is 15.8. The molecule has 2 atom stereocenters. The van der Waals surface area contributed by atoms with E-state index in [1.54, 1.807) is 4.72 Å². The Morgan fingerprint density at radius 3 is 1.86 bits per heavy atom. The third-order valence-electron chi connectivity index (χ3n) is 5.88. The van der Waals surface area contributed by atoms with E-state index >= 15 is 0 Å². The second-order valence-corrected chi connectivity index (χ2v) is 10.9. The monoisotopic (exact) mass is 635 g/mol. The highest BCUT2D eigenvalue weighted by Gasteiger charge is 2.24. The molecule has 0 aliphatic heterocycles. The largest absolute Gasteiger partial charge is 0.480 e. The van der Waals surface area contributed by atoms with Crippen molar-refractivity contribution in [3.05, 3.63) is 66.5 Å². The van der Waals surface area contributed by atoms with Crippen LogP contribution in [0.2, 0.25) is 0 Å². The molecule has 2 heterocycles. The molecule has 1 aromatic carbocycles. The lowest BCUT2D eigenvalue weighted by Gasteiger charge is -2.18. The number of amides is 5. The molecule has 17 nitrogen and oxygen atoms in total. The summed E-state index contributed by atoms with van der Waals surface area (Å²) in [5.74, 6) is -3.84. The Morgan fingerprint density at radius 2 is 1.34 bits per heavy atom. The van der Waals surface area contributed by atoms with Gasteiger partial charge in [0, 0.05) is 62.6 Å². The molecule has 0 fully saturated rings. The lowest BCUT2D eigenvalue weighted by atomic mass is 10.1. The van der Waals surface area contributed by atoms with Gasteiger partial charge >= 0.3 is 12.0 Å². The highest BCUT2D eigenvalue weighted by atomic mass is 32.2. The first kappa shape index (κ1) is 33.2. The van der Waals surface area contributed by atoms with Crippen LogP contribution in [0.4, 0.5) is 9.18 Å². The van der Waals surface area contributed by atoms with Crippen LogP contribution in [0, 0.1) is 5.82 Å². The van der Waals surface area contributed by atoms with E-state index < -0.39 is 57.6 Å². The predicted octanol–water partition coefficient (Wildman–Crippen LogP) is -1.30. The van der Waals surface area contributed by atoms with Gasteiger partial charge in [-0.05, 0) is 24.3 Å². The fraction of sp³-hybridized carbons (Fsp3) is 0.320. The van der Waals surface area contributed by atoms with Crippen LogP contribution in [0.5, 0.6) is 0 Å². The number of imidazole rings is 2. The van der Waals surface area contributed by atoms with Crippen molar-refractivity contribution in [3.63, 3.8) is 0 Å². The zero-order chi connectivity index (χ0) is 32.1. The number of nitrogens with zero attached hydrogens (tertiary/aromatic N) is 2. The maximum atomic E-state index is 13.0. The first-order valence-electron chi connectivity index (χ1n) is 13.0. The van der Waals surface area contributed by atoms with Gasteiger partial charge in [0.2, 0.25) is 17.7 Å². The minimum atomic E-state index is -4.28. The third-order valence-corrected chi connectivity index (χ3v) is 7.23. The number of carbonyl (C=O) groups is 5. The van der Waals surface area contributed by atoms with Crippen molar-refractivity contribution in [2.75, 3.05) is 13.1 Å². The molecule has 0 saturated carbocycles. The molecule has 0 aliphatic carbocycles. The number of aromatic nitrogens is 4. The lowest BCUT2D eigenvalue weighted by Crippen LogP contribution is -2.49. The third kappa shape index (κ3) is 10.8. The van der Waals surface area contributed by atoms with Crippen LogP contribution in [0.1, 0.15) is 24.2 Å². The number of benzene rings is 1. The minimum absolute atomic E-state index is 0.00112. The normalized spacial score (nSPS) is 12.4. The zero-order valence-electron chi connectivity index (χ0n) is 23.0. The number of aliphatic carboxylic acids is 1. The molecule has 0 spiro atoms. The SMILES string of the molecule is O=C(CCNC(=O)[C@H](Cc1cnc[nH]1)NC(=O)CCNC(=O)NS(=O)(=O)c1ccc(F)cc1)N[C@@H](Cc1cnc[nH]1)C(=O)O. The Balaban J connectivity index is 1.46. The van der Waals surface area contributed by atoms with Gasteiger partial charge in [0.05, 0.1) is 17.6 Å². The summed E-state index contributed by atoms with van der Waals surface area (Å²) in [5.41, 5.74) is 1.02. The number of rotatable bonds is 16. The number of hydrogen-bond acceptors (Lipinski definition) is 9. The predicted molar refractivity (Wildman–Crippen MR) is 148 cm³/mol. The van der Waals surface area contributed by atoms with Crippen LogP contribution in [0.15, 0.2) is 54.2 Å². The Kier molecular flexibility index (Phi) is 11.9. The number of urea groups is 1. The summed E-state index contributed by atoms with van der Waals surface area (Å²) >= 11 is 0. The van der Waals surface area contributed by atoms with E-state index in [9.17, 15) is 41.9 Å². The Labute approximate surface area is 249 Å². The van der Waals surface area contributed by atoms with Crippen molar-refractivity contribution in [1.82, 2.24) is 45.9 Å². The molecule has 44 heavy (non-hydrogen) atoms. The van der Waals surface area contributed by atoms with Gasteiger partial charge in [-0.2, -0.15) is 0 Å². The molecule has 0 saturated heterocycles. The molecule has 8 N–H and O–H groups in total. The van der Waals surface area contributed by atoms with Crippen molar-refractivity contribution in [2.24, 2.45) is 0 Å². The molecule has 0 unspecified atom stereocenters. The summed E-state index contributed by atoms with van der Waals surface area (Å²) in [4.78, 5) is 74.1. The van der Waals surface area contributed by atoms with Gasteiger partial charge < -0.3 is 36.3 Å². The summed E-state index contributed by atoms with van der Waals surface area (Å²) in [6.07, 6.45) is 5.03. The van der Waals surface area contributed by atoms with Crippen LogP contribution in [-0.4, -0.2) is 88.4 Å². The number of carboxylic acids is 1. The highest BCUT2D eigenvalue weighted by molar-refractivity contribution is 7.90. The summed E-state index contributed by atoms with van der Waals surface area (Å²) in [6.45, 7) is -0.459. The van der Waals surface area contributed by atoms with Crippen LogP contribution in [0.3, 0.4) is 0 Å². The fourth-order valence-electron chi connectivity index (χ4n) is 3.72. The Morgan fingerprint density at radius 1 is 0.818 bits per heavy atom. The number of H-pyrrole nitrogens is 2. The van der Waals surface area contributed by atoms with Crippen molar-refractivity contribution >= 4 is 39.7 Å². The second-order valence-electron chi connectivity index (χ2n) is 9.25. The first-order valence-corrected chi connectivity index (χ1v) is 14.5. The molecule has 0 aliphatic rings. The summed E-state index contributed by atoms with van der Waals surface area (Å²) in [5, 5.41) is 19.0. The number of aromatic amines is 2. The van der Waals surface area contributed by atoms with Crippen LogP contribution in [-0.2, 0) is 42.0 Å². The van der Waals surface area contributed by atoms with E-state index in [4.69, 9.17) is 0 Å². The van der Waals surface area contributed by atoms with E-state index in [0.717, 1.165) is 24.3 Å². The first-order chi connectivity index (χ1) is 20.9. The summed E-state index contributed by atoms with van der Waals surface area (Å²) < 4.78 is 39.2. The molecule has 5 amide bonds. The van der Waals surface area contributed by atoms with E-state index in [-0.39, 0.29) is 43.7 Å². The van der Waals surface area contributed by atoms with Crippen LogP contribution in [0.25, 0.3) is 0 Å². The smallest absolute Gasteiger partial charge is 0.328 e. The van der Waals surface area contributed by atoms with Gasteiger partial charge in [-0.25, -0.2) is 37.1 Å². The Hall–Kier alpha value is -5.33. The number of carbonyl (C=O) groups excluding carboxylic acids is 4. The van der Waals surface area contributed by atoms with Crippen LogP contribution >= 0.6 is 0 Å². The van der Waals surface area contributed by atoms with E-state index in [0.29, 0.717) is 11.4 Å². The number of sulfonamides is 1. The maximum absolute atomic E-state index is 13.0. The number of halogens is 1. The molecule has 0 bridgehead atoms. The van der Waals surface area contributed by atoms with Gasteiger partial charge in [-0.15, -0.1) is 0 Å². The van der Waals surface area contributed by atoms with Gasteiger partial charge in [-0.3, -0.25) is 14.4 Å². The van der Waals surface area contributed by atoms with Crippen molar-refractivity contribution in [1.29, 1.82) is 0 Å². The average Bonchev–Trinajstić information content (AvgIpc) is 3.67. The van der Waals surface area contributed by atoms with Gasteiger partial charge in [-0.1, -0.05) is 0 Å². The maximum Gasteiger partial charge on any atom is 0.328 e. The molecule has 19 heteroatoms. The summed E-state index contributed by atoms with van der Waals surface area (Å²) in [7, 11) is -4.28. The van der Waals surface area contributed by atoms with Gasteiger partial charge in [0.1, 0.15) is 17.9 Å². The molecule has 0 radical (unpaired) electrons. The quantitative estimate of drug-likeness (QED) is 0.0922. The summed E-state index contributed by atoms with van der Waals surface area (Å²) in [6, 6.07) is 0.328. The topological polar surface area (TPSA) is 257 Å². The number of nitrogens with one attached hydrogen (secondary N) is 7. The minimum Gasteiger partial charge on any atom is -0.480 e. The number of carboxylic acid groups (broad SMARTS) is 1. The molecule has 2 aromatic heterocycles. The zero-order valence-corrected chi connectivity index (χ0v) is 23.8. The van der Waals surface area contributed by atoms with Gasteiger partial charge in [0.15, 0.2) is 0 Å². The molecular weight excluding hydrogens is 605 g/mol. The van der Waals surface area contributed by atoms with Crippen molar-refractivity contribution in [3.8, 4) is 0 Å². The van der Waals surface area contributed by atoms with E-state index in [1.165, 1.54) is 25.0 Å². The van der Waals surface area contributed by atoms with Crippen LogP contribution < -0.4 is 26.0 Å². The van der Waals surface area contributed by atoms with Gasteiger partial charge in [0.25, 0.3) is 10.0 Å². The van der Waals surface area contributed by atoms with Crippen molar-refractivity contribution < 1.29 is 41.9 Å². The van der Waals surface area contributed by atoms with E-state index in [1.807, 2.05) is 0 Å². The average molecular weight is 636 g/mol. The molecule has 3 aromatic rings. The highest BCUT2D eigenvalue weighted by Crippen LogP contribution is 2.09.